The second kappa shape index (κ2) is 8.46. The van der Waals surface area contributed by atoms with Gasteiger partial charge in [-0.2, -0.15) is 0 Å². The van der Waals surface area contributed by atoms with Crippen LogP contribution in [0.15, 0.2) is 48.5 Å². The lowest BCUT2D eigenvalue weighted by atomic mass is 9.84. The van der Waals surface area contributed by atoms with Crippen LogP contribution in [0.2, 0.25) is 0 Å². The summed E-state index contributed by atoms with van der Waals surface area (Å²) in [6.07, 6.45) is 5.45. The smallest absolute Gasteiger partial charge is 0.351 e. The summed E-state index contributed by atoms with van der Waals surface area (Å²) in [6.45, 7) is -0.233. The molecule has 2 aliphatic rings. The first kappa shape index (κ1) is 18.5. The molecule has 5 nitrogen and oxygen atoms in total. The first-order chi connectivity index (χ1) is 13.7. The van der Waals surface area contributed by atoms with Crippen LogP contribution in [0, 0.1) is 0 Å². The molecule has 4 rings (SSSR count). The number of esters is 1. The highest BCUT2D eigenvalue weighted by atomic mass is 16.6. The van der Waals surface area contributed by atoms with Gasteiger partial charge in [0.05, 0.1) is 0 Å². The number of carbonyl (C=O) groups excluding carboxylic acids is 2. The number of ether oxygens (including phenoxy) is 3. The molecule has 0 spiro atoms. The molecule has 1 atom stereocenters. The fraction of sp³-hybridized carbons (Fsp3) is 0.391. The molecule has 1 heterocycles. The van der Waals surface area contributed by atoms with Crippen molar-refractivity contribution in [2.24, 2.45) is 0 Å². The summed E-state index contributed by atoms with van der Waals surface area (Å²) in [7, 11) is 0. The quantitative estimate of drug-likeness (QED) is 0.572. The Morgan fingerprint density at radius 3 is 2.39 bits per heavy atom. The van der Waals surface area contributed by atoms with Gasteiger partial charge in [0.1, 0.15) is 6.61 Å². The van der Waals surface area contributed by atoms with Crippen LogP contribution >= 0.6 is 0 Å². The van der Waals surface area contributed by atoms with Gasteiger partial charge in [-0.3, -0.25) is 4.79 Å². The molecule has 2 aromatic rings. The third-order valence-corrected chi connectivity index (χ3v) is 5.43. The molecule has 0 N–H and O–H groups in total. The number of fused-ring (bicyclic) bond motifs is 1. The highest BCUT2D eigenvalue weighted by Gasteiger charge is 2.29. The van der Waals surface area contributed by atoms with E-state index in [1.54, 1.807) is 18.2 Å². The first-order valence-corrected chi connectivity index (χ1v) is 9.89. The second-order valence-corrected chi connectivity index (χ2v) is 7.35. The molecule has 1 fully saturated rings. The van der Waals surface area contributed by atoms with Crippen LogP contribution in [0.1, 0.15) is 53.9 Å². The number of Topliss-reactive ketones (excluding diaryl/α,β-unsaturated/α-hetero) is 1. The Morgan fingerprint density at radius 2 is 1.64 bits per heavy atom. The minimum absolute atomic E-state index is 0.0696. The Morgan fingerprint density at radius 1 is 0.929 bits per heavy atom. The Hall–Kier alpha value is -2.82. The number of hydrogen-bond donors (Lipinski definition) is 0. The minimum atomic E-state index is -0.864. The van der Waals surface area contributed by atoms with E-state index in [9.17, 15) is 9.59 Å². The molecular formula is C23H24O5. The van der Waals surface area contributed by atoms with Gasteiger partial charge in [-0.05, 0) is 36.5 Å². The Balaban J connectivity index is 1.30. The number of benzene rings is 2. The lowest BCUT2D eigenvalue weighted by Gasteiger charge is -2.24. The Kier molecular flexibility index (Phi) is 5.60. The highest BCUT2D eigenvalue weighted by Crippen LogP contribution is 2.33. The predicted octanol–water partition coefficient (Wildman–Crippen LogP) is 4.30. The molecule has 0 saturated heterocycles. The molecule has 0 aromatic heterocycles. The van der Waals surface area contributed by atoms with E-state index in [0.717, 1.165) is 0 Å². The first-order valence-electron chi connectivity index (χ1n) is 9.89. The standard InChI is InChI=1S/C23H24O5/c24-19(18-12-10-17(11-13-18)16-6-2-1-3-7-16)14-27-23(25)22-15-26-20-8-4-5-9-21(20)28-22/h4-5,8-13,16,22H,1-3,6-7,14-15H2. The highest BCUT2D eigenvalue weighted by molar-refractivity contribution is 5.98. The van der Waals surface area contributed by atoms with Crippen LogP contribution in [-0.2, 0) is 9.53 Å². The number of rotatable bonds is 5. The molecule has 28 heavy (non-hydrogen) atoms. The zero-order valence-corrected chi connectivity index (χ0v) is 15.8. The van der Waals surface area contributed by atoms with Crippen molar-refractivity contribution in [1.82, 2.24) is 0 Å². The molecule has 2 aromatic carbocycles. The van der Waals surface area contributed by atoms with Gasteiger partial charge in [0.2, 0.25) is 6.10 Å². The number of carbonyl (C=O) groups is 2. The van der Waals surface area contributed by atoms with Gasteiger partial charge < -0.3 is 14.2 Å². The van der Waals surface area contributed by atoms with E-state index in [2.05, 4.69) is 0 Å². The fourth-order valence-electron chi connectivity index (χ4n) is 3.83. The molecular weight excluding hydrogens is 356 g/mol. The number of ketones is 1. The summed E-state index contributed by atoms with van der Waals surface area (Å²) in [5.41, 5.74) is 1.85. The van der Waals surface area contributed by atoms with Gasteiger partial charge in [0, 0.05) is 5.56 Å². The van der Waals surface area contributed by atoms with Gasteiger partial charge >= 0.3 is 5.97 Å². The van der Waals surface area contributed by atoms with Crippen molar-refractivity contribution in [3.63, 3.8) is 0 Å². The maximum Gasteiger partial charge on any atom is 0.351 e. The van der Waals surface area contributed by atoms with E-state index in [1.165, 1.54) is 37.7 Å². The van der Waals surface area contributed by atoms with Gasteiger partial charge in [-0.25, -0.2) is 4.79 Å². The third kappa shape index (κ3) is 4.19. The molecule has 5 heteroatoms. The van der Waals surface area contributed by atoms with E-state index in [1.807, 2.05) is 30.3 Å². The van der Waals surface area contributed by atoms with Crippen molar-refractivity contribution in [3.05, 3.63) is 59.7 Å². The average Bonchev–Trinajstić information content (AvgIpc) is 2.77. The molecule has 1 aliphatic carbocycles. The van der Waals surface area contributed by atoms with Crippen molar-refractivity contribution in [2.75, 3.05) is 13.2 Å². The lowest BCUT2D eigenvalue weighted by molar-refractivity contribution is -0.153. The van der Waals surface area contributed by atoms with Crippen LogP contribution in [0.5, 0.6) is 11.5 Å². The van der Waals surface area contributed by atoms with Crippen LogP contribution in [-0.4, -0.2) is 31.1 Å². The van der Waals surface area contributed by atoms with Crippen molar-refractivity contribution in [2.45, 2.75) is 44.1 Å². The Bertz CT molecular complexity index is 836. The minimum Gasteiger partial charge on any atom is -0.485 e. The summed E-state index contributed by atoms with van der Waals surface area (Å²) < 4.78 is 16.3. The van der Waals surface area contributed by atoms with Gasteiger partial charge in [-0.15, -0.1) is 0 Å². The van der Waals surface area contributed by atoms with Crippen LogP contribution in [0.3, 0.4) is 0 Å². The fourth-order valence-corrected chi connectivity index (χ4v) is 3.83. The predicted molar refractivity (Wildman–Crippen MR) is 104 cm³/mol. The Labute approximate surface area is 164 Å². The summed E-state index contributed by atoms with van der Waals surface area (Å²) in [4.78, 5) is 24.6. The molecule has 1 aliphatic heterocycles. The summed E-state index contributed by atoms with van der Waals surface area (Å²) in [5.74, 6) is 0.880. The van der Waals surface area contributed by atoms with E-state index in [4.69, 9.17) is 14.2 Å². The van der Waals surface area contributed by atoms with Crippen molar-refractivity contribution in [3.8, 4) is 11.5 Å². The summed E-state index contributed by atoms with van der Waals surface area (Å²) >= 11 is 0. The maximum atomic E-state index is 12.4. The van der Waals surface area contributed by atoms with E-state index < -0.39 is 12.1 Å². The van der Waals surface area contributed by atoms with E-state index in [-0.39, 0.29) is 19.0 Å². The lowest BCUT2D eigenvalue weighted by Crippen LogP contribution is -2.38. The maximum absolute atomic E-state index is 12.4. The van der Waals surface area contributed by atoms with Crippen LogP contribution < -0.4 is 9.47 Å². The van der Waals surface area contributed by atoms with Crippen molar-refractivity contribution in [1.29, 1.82) is 0 Å². The van der Waals surface area contributed by atoms with Crippen molar-refractivity contribution >= 4 is 11.8 Å². The molecule has 1 saturated carbocycles. The number of hydrogen-bond acceptors (Lipinski definition) is 5. The normalized spacial score (nSPS) is 19.1. The zero-order valence-electron chi connectivity index (χ0n) is 15.8. The molecule has 0 bridgehead atoms. The molecule has 0 radical (unpaired) electrons. The zero-order chi connectivity index (χ0) is 19.3. The largest absolute Gasteiger partial charge is 0.485 e. The SMILES string of the molecule is O=C(COC(=O)C1COc2ccccc2O1)c1ccc(C2CCCCC2)cc1. The number of para-hydroxylation sites is 2. The third-order valence-electron chi connectivity index (χ3n) is 5.43. The topological polar surface area (TPSA) is 61.8 Å². The van der Waals surface area contributed by atoms with Crippen LogP contribution in [0.25, 0.3) is 0 Å². The average molecular weight is 380 g/mol. The van der Waals surface area contributed by atoms with E-state index >= 15 is 0 Å². The summed E-state index contributed by atoms with van der Waals surface area (Å²) in [6, 6.07) is 14.9. The molecule has 146 valence electrons. The van der Waals surface area contributed by atoms with Crippen LogP contribution in [0.4, 0.5) is 0 Å². The van der Waals surface area contributed by atoms with Gasteiger partial charge in [0.15, 0.2) is 23.9 Å². The second-order valence-electron chi connectivity index (χ2n) is 7.35. The van der Waals surface area contributed by atoms with Crippen molar-refractivity contribution < 1.29 is 23.8 Å². The van der Waals surface area contributed by atoms with E-state index in [0.29, 0.717) is 23.0 Å². The van der Waals surface area contributed by atoms with Gasteiger partial charge in [-0.1, -0.05) is 55.7 Å². The van der Waals surface area contributed by atoms with Gasteiger partial charge in [0.25, 0.3) is 0 Å². The summed E-state index contributed by atoms with van der Waals surface area (Å²) in [5, 5.41) is 0. The molecule has 0 amide bonds. The molecule has 1 unspecified atom stereocenters. The monoisotopic (exact) mass is 380 g/mol.